The zero-order valence-electron chi connectivity index (χ0n) is 11.6. The molecule has 2 N–H and O–H groups in total. The minimum absolute atomic E-state index is 0.0615. The molecule has 1 aliphatic heterocycles. The first-order valence-corrected chi connectivity index (χ1v) is 6.95. The predicted octanol–water partition coefficient (Wildman–Crippen LogP) is 3.09. The highest BCUT2D eigenvalue weighted by Crippen LogP contribution is 2.31. The Bertz CT molecular complexity index is 436. The lowest BCUT2D eigenvalue weighted by Gasteiger charge is -2.43. The number of hydrogen-bond donors (Lipinski definition) is 1. The molecule has 3 unspecified atom stereocenters. The zero-order valence-corrected chi connectivity index (χ0v) is 11.6. The number of nitrogens with two attached hydrogens (primary N) is 1. The molecule has 2 rings (SSSR count). The number of piperidine rings is 1. The van der Waals surface area contributed by atoms with Crippen molar-refractivity contribution >= 4 is 0 Å². The molecule has 0 radical (unpaired) electrons. The number of benzene rings is 1. The summed E-state index contributed by atoms with van der Waals surface area (Å²) in [4.78, 5) is 2.32. The predicted molar refractivity (Wildman–Crippen MR) is 72.7 cm³/mol. The van der Waals surface area contributed by atoms with Gasteiger partial charge in [-0.2, -0.15) is 0 Å². The molecule has 1 fully saturated rings. The Morgan fingerprint density at radius 2 is 2.11 bits per heavy atom. The fraction of sp³-hybridized carbons (Fsp3) is 0.600. The Hall–Kier alpha value is -1.00. The van der Waals surface area contributed by atoms with Gasteiger partial charge in [0.1, 0.15) is 0 Å². The van der Waals surface area contributed by atoms with Gasteiger partial charge in [-0.1, -0.05) is 13.0 Å². The standard InChI is InChI=1S/C15H22F2N2/c1-10-4-3-7-19(15(10)9-18)11(2)12-5-6-13(16)14(17)8-12/h5-6,8,10-11,15H,3-4,7,9,18H2,1-2H3. The summed E-state index contributed by atoms with van der Waals surface area (Å²) in [5.41, 5.74) is 6.69. The summed E-state index contributed by atoms with van der Waals surface area (Å²) in [6, 6.07) is 4.54. The molecule has 1 aromatic rings. The molecule has 106 valence electrons. The second-order valence-electron chi connectivity index (χ2n) is 5.51. The Morgan fingerprint density at radius 1 is 1.37 bits per heavy atom. The van der Waals surface area contributed by atoms with Crippen LogP contribution in [-0.2, 0) is 0 Å². The van der Waals surface area contributed by atoms with Crippen molar-refractivity contribution in [1.29, 1.82) is 0 Å². The van der Waals surface area contributed by atoms with Crippen LogP contribution in [0.4, 0.5) is 8.78 Å². The first-order valence-electron chi connectivity index (χ1n) is 6.95. The van der Waals surface area contributed by atoms with Crippen molar-refractivity contribution in [3.05, 3.63) is 35.4 Å². The van der Waals surface area contributed by atoms with Gasteiger partial charge < -0.3 is 5.73 Å². The third-order valence-corrected chi connectivity index (χ3v) is 4.32. The number of nitrogens with zero attached hydrogens (tertiary/aromatic N) is 1. The van der Waals surface area contributed by atoms with Crippen LogP contribution >= 0.6 is 0 Å². The van der Waals surface area contributed by atoms with E-state index in [0.29, 0.717) is 18.5 Å². The van der Waals surface area contributed by atoms with Crippen LogP contribution in [-0.4, -0.2) is 24.0 Å². The second kappa shape index (κ2) is 5.97. The quantitative estimate of drug-likeness (QED) is 0.912. The first kappa shape index (κ1) is 14.4. The molecular weight excluding hydrogens is 246 g/mol. The van der Waals surface area contributed by atoms with Gasteiger partial charge in [-0.25, -0.2) is 8.78 Å². The van der Waals surface area contributed by atoms with E-state index in [1.807, 2.05) is 6.92 Å². The number of halogens is 2. The second-order valence-corrected chi connectivity index (χ2v) is 5.51. The van der Waals surface area contributed by atoms with Crippen LogP contribution < -0.4 is 5.73 Å². The lowest BCUT2D eigenvalue weighted by atomic mass is 9.88. The SMILES string of the molecule is CC1CCCN(C(C)c2ccc(F)c(F)c2)C1CN. The summed E-state index contributed by atoms with van der Waals surface area (Å²) in [7, 11) is 0. The molecule has 0 amide bonds. The minimum atomic E-state index is -0.793. The van der Waals surface area contributed by atoms with E-state index in [0.717, 1.165) is 18.5 Å². The molecule has 0 saturated carbocycles. The molecule has 3 atom stereocenters. The lowest BCUT2D eigenvalue weighted by molar-refractivity contribution is 0.0688. The Labute approximate surface area is 113 Å². The van der Waals surface area contributed by atoms with Gasteiger partial charge in [0, 0.05) is 18.6 Å². The zero-order chi connectivity index (χ0) is 14.0. The largest absolute Gasteiger partial charge is 0.329 e. The van der Waals surface area contributed by atoms with Gasteiger partial charge in [0.25, 0.3) is 0 Å². The average molecular weight is 268 g/mol. The third-order valence-electron chi connectivity index (χ3n) is 4.32. The lowest BCUT2D eigenvalue weighted by Crippen LogP contribution is -2.49. The highest BCUT2D eigenvalue weighted by atomic mass is 19.2. The number of rotatable bonds is 3. The maximum Gasteiger partial charge on any atom is 0.159 e. The van der Waals surface area contributed by atoms with Gasteiger partial charge in [0.15, 0.2) is 11.6 Å². The number of likely N-dealkylation sites (tertiary alicyclic amines) is 1. The van der Waals surface area contributed by atoms with Crippen LogP contribution in [0.2, 0.25) is 0 Å². The molecule has 2 nitrogen and oxygen atoms in total. The Morgan fingerprint density at radius 3 is 2.74 bits per heavy atom. The summed E-state index contributed by atoms with van der Waals surface area (Å²) in [5, 5.41) is 0. The van der Waals surface area contributed by atoms with E-state index in [1.165, 1.54) is 18.6 Å². The van der Waals surface area contributed by atoms with E-state index in [2.05, 4.69) is 11.8 Å². The smallest absolute Gasteiger partial charge is 0.159 e. The Kier molecular flexibility index (Phi) is 4.53. The van der Waals surface area contributed by atoms with Crippen molar-refractivity contribution in [2.45, 2.75) is 38.8 Å². The minimum Gasteiger partial charge on any atom is -0.329 e. The van der Waals surface area contributed by atoms with Crippen molar-refractivity contribution in [3.8, 4) is 0 Å². The van der Waals surface area contributed by atoms with E-state index in [9.17, 15) is 8.78 Å². The van der Waals surface area contributed by atoms with Crippen LogP contribution in [0.1, 0.15) is 38.3 Å². The molecule has 0 aromatic heterocycles. The molecule has 0 spiro atoms. The van der Waals surface area contributed by atoms with Crippen molar-refractivity contribution in [2.75, 3.05) is 13.1 Å². The van der Waals surface area contributed by atoms with Crippen LogP contribution in [0, 0.1) is 17.6 Å². The van der Waals surface area contributed by atoms with Crippen LogP contribution in [0.15, 0.2) is 18.2 Å². The van der Waals surface area contributed by atoms with Crippen LogP contribution in [0.3, 0.4) is 0 Å². The van der Waals surface area contributed by atoms with E-state index in [-0.39, 0.29) is 6.04 Å². The van der Waals surface area contributed by atoms with E-state index >= 15 is 0 Å². The normalized spacial score (nSPS) is 26.4. The van der Waals surface area contributed by atoms with Gasteiger partial charge in [0.05, 0.1) is 0 Å². The van der Waals surface area contributed by atoms with Gasteiger partial charge >= 0.3 is 0 Å². The van der Waals surface area contributed by atoms with Crippen molar-refractivity contribution in [1.82, 2.24) is 4.90 Å². The Balaban J connectivity index is 2.21. The summed E-state index contributed by atoms with van der Waals surface area (Å²) in [6.07, 6.45) is 2.31. The van der Waals surface area contributed by atoms with Crippen LogP contribution in [0.5, 0.6) is 0 Å². The highest BCUT2D eigenvalue weighted by Gasteiger charge is 2.31. The molecule has 0 aliphatic carbocycles. The molecule has 1 aliphatic rings. The van der Waals surface area contributed by atoms with Gasteiger partial charge in [0.2, 0.25) is 0 Å². The highest BCUT2D eigenvalue weighted by molar-refractivity contribution is 5.21. The summed E-state index contributed by atoms with van der Waals surface area (Å²) >= 11 is 0. The third kappa shape index (κ3) is 2.95. The van der Waals surface area contributed by atoms with E-state index in [1.54, 1.807) is 6.07 Å². The molecule has 1 saturated heterocycles. The van der Waals surface area contributed by atoms with E-state index < -0.39 is 11.6 Å². The summed E-state index contributed by atoms with van der Waals surface area (Å²) < 4.78 is 26.3. The maximum absolute atomic E-state index is 13.3. The summed E-state index contributed by atoms with van der Waals surface area (Å²) in [6.45, 7) is 5.82. The molecular formula is C15H22F2N2. The maximum atomic E-state index is 13.3. The average Bonchev–Trinajstić information content (AvgIpc) is 2.40. The van der Waals surface area contributed by atoms with Gasteiger partial charge in [-0.3, -0.25) is 4.90 Å². The fourth-order valence-corrected chi connectivity index (χ4v) is 3.09. The van der Waals surface area contributed by atoms with Crippen LogP contribution in [0.25, 0.3) is 0 Å². The molecule has 4 heteroatoms. The summed E-state index contributed by atoms with van der Waals surface area (Å²) in [5.74, 6) is -1.02. The number of hydrogen-bond acceptors (Lipinski definition) is 2. The first-order chi connectivity index (χ1) is 9.04. The monoisotopic (exact) mass is 268 g/mol. The molecule has 1 heterocycles. The van der Waals surface area contributed by atoms with Gasteiger partial charge in [-0.15, -0.1) is 0 Å². The molecule has 0 bridgehead atoms. The topological polar surface area (TPSA) is 29.3 Å². The van der Waals surface area contributed by atoms with E-state index in [4.69, 9.17) is 5.73 Å². The molecule has 19 heavy (non-hydrogen) atoms. The van der Waals surface area contributed by atoms with Gasteiger partial charge in [-0.05, 0) is 49.9 Å². The fourth-order valence-electron chi connectivity index (χ4n) is 3.09. The van der Waals surface area contributed by atoms with Crippen molar-refractivity contribution in [2.24, 2.45) is 11.7 Å². The molecule has 1 aromatic carbocycles. The van der Waals surface area contributed by atoms with Crippen molar-refractivity contribution < 1.29 is 8.78 Å². The van der Waals surface area contributed by atoms with Crippen molar-refractivity contribution in [3.63, 3.8) is 0 Å².